The molecule has 1 N–H and O–H groups in total. The number of para-hydroxylation sites is 3. The van der Waals surface area contributed by atoms with Gasteiger partial charge in [0.25, 0.3) is 5.91 Å². The molecule has 5 nitrogen and oxygen atoms in total. The number of nitrogens with zero attached hydrogens (tertiary/aromatic N) is 2. The van der Waals surface area contributed by atoms with Crippen LogP contribution in [-0.4, -0.2) is 21.9 Å². The van der Waals surface area contributed by atoms with Crippen molar-refractivity contribution >= 4 is 23.4 Å². The number of aryl methyl sites for hydroxylation is 1. The zero-order valence-electron chi connectivity index (χ0n) is 14.9. The van der Waals surface area contributed by atoms with Crippen molar-refractivity contribution < 1.29 is 22.7 Å². The molecule has 28 heavy (non-hydrogen) atoms. The molecular formula is C19H16F3N3O2S. The SMILES string of the molecule is CSc1ccccc1Oc1ccccc1NC(=O)c1cn(C)nc1C(F)(F)F. The first-order valence-electron chi connectivity index (χ1n) is 8.11. The van der Waals surface area contributed by atoms with Crippen molar-refractivity contribution in [3.8, 4) is 11.5 Å². The lowest BCUT2D eigenvalue weighted by atomic mass is 10.2. The molecule has 0 aliphatic carbocycles. The van der Waals surface area contributed by atoms with Gasteiger partial charge < -0.3 is 10.1 Å². The van der Waals surface area contributed by atoms with Crippen molar-refractivity contribution in [3.63, 3.8) is 0 Å². The van der Waals surface area contributed by atoms with Crippen LogP contribution in [0.25, 0.3) is 0 Å². The number of benzene rings is 2. The Balaban J connectivity index is 1.89. The van der Waals surface area contributed by atoms with E-state index in [2.05, 4.69) is 10.4 Å². The molecular weight excluding hydrogens is 391 g/mol. The molecule has 0 bridgehead atoms. The van der Waals surface area contributed by atoms with Crippen LogP contribution in [0.3, 0.4) is 0 Å². The lowest BCUT2D eigenvalue weighted by Gasteiger charge is -2.14. The topological polar surface area (TPSA) is 56.1 Å². The average molecular weight is 407 g/mol. The highest BCUT2D eigenvalue weighted by atomic mass is 32.2. The van der Waals surface area contributed by atoms with Gasteiger partial charge in [-0.1, -0.05) is 24.3 Å². The highest BCUT2D eigenvalue weighted by molar-refractivity contribution is 7.98. The van der Waals surface area contributed by atoms with Crippen molar-refractivity contribution in [3.05, 3.63) is 66.0 Å². The zero-order valence-corrected chi connectivity index (χ0v) is 15.8. The highest BCUT2D eigenvalue weighted by Gasteiger charge is 2.39. The molecule has 3 rings (SSSR count). The number of hydrogen-bond donors (Lipinski definition) is 1. The molecule has 0 unspecified atom stereocenters. The van der Waals surface area contributed by atoms with Crippen molar-refractivity contribution in [2.45, 2.75) is 11.1 Å². The van der Waals surface area contributed by atoms with Gasteiger partial charge in [-0.3, -0.25) is 9.48 Å². The second-order valence-electron chi connectivity index (χ2n) is 5.77. The van der Waals surface area contributed by atoms with Crippen molar-refractivity contribution in [1.82, 2.24) is 9.78 Å². The zero-order chi connectivity index (χ0) is 20.3. The lowest BCUT2D eigenvalue weighted by molar-refractivity contribution is -0.141. The summed E-state index contributed by atoms with van der Waals surface area (Å²) in [6, 6.07) is 13.9. The van der Waals surface area contributed by atoms with Crippen LogP contribution >= 0.6 is 11.8 Å². The van der Waals surface area contributed by atoms with E-state index in [1.165, 1.54) is 18.8 Å². The number of aromatic nitrogens is 2. The van der Waals surface area contributed by atoms with Crippen LogP contribution in [-0.2, 0) is 13.2 Å². The fourth-order valence-electron chi connectivity index (χ4n) is 2.53. The van der Waals surface area contributed by atoms with Crippen LogP contribution in [0.5, 0.6) is 11.5 Å². The molecule has 0 saturated carbocycles. The third-order valence-corrected chi connectivity index (χ3v) is 4.54. The Bertz CT molecular complexity index is 1000. The number of rotatable bonds is 5. The smallest absolute Gasteiger partial charge is 0.435 e. The number of thioether (sulfide) groups is 1. The van der Waals surface area contributed by atoms with Gasteiger partial charge in [-0.05, 0) is 30.5 Å². The summed E-state index contributed by atoms with van der Waals surface area (Å²) in [4.78, 5) is 13.4. The van der Waals surface area contributed by atoms with E-state index in [0.717, 1.165) is 15.8 Å². The molecule has 0 aliphatic heterocycles. The Labute approximate surface area is 163 Å². The summed E-state index contributed by atoms with van der Waals surface area (Å²) < 4.78 is 46.2. The van der Waals surface area contributed by atoms with E-state index in [1.807, 2.05) is 24.5 Å². The number of nitrogens with one attached hydrogen (secondary N) is 1. The van der Waals surface area contributed by atoms with Gasteiger partial charge in [-0.2, -0.15) is 18.3 Å². The van der Waals surface area contributed by atoms with Gasteiger partial charge in [0.05, 0.1) is 11.3 Å². The van der Waals surface area contributed by atoms with Gasteiger partial charge in [0.2, 0.25) is 0 Å². The minimum Gasteiger partial charge on any atom is -0.454 e. The van der Waals surface area contributed by atoms with Gasteiger partial charge in [-0.25, -0.2) is 0 Å². The van der Waals surface area contributed by atoms with Crippen molar-refractivity contribution in [2.75, 3.05) is 11.6 Å². The molecule has 1 aromatic heterocycles. The summed E-state index contributed by atoms with van der Waals surface area (Å²) in [7, 11) is 1.32. The molecule has 0 atom stereocenters. The maximum atomic E-state index is 13.1. The summed E-state index contributed by atoms with van der Waals surface area (Å²) in [5, 5.41) is 5.84. The van der Waals surface area contributed by atoms with Crippen LogP contribution in [0.1, 0.15) is 16.1 Å². The Morgan fingerprint density at radius 3 is 2.43 bits per heavy atom. The Morgan fingerprint density at radius 1 is 1.11 bits per heavy atom. The first-order valence-corrected chi connectivity index (χ1v) is 9.34. The predicted molar refractivity (Wildman–Crippen MR) is 101 cm³/mol. The lowest BCUT2D eigenvalue weighted by Crippen LogP contribution is -2.18. The number of anilines is 1. The average Bonchev–Trinajstić information content (AvgIpc) is 3.06. The summed E-state index contributed by atoms with van der Waals surface area (Å²) in [5.41, 5.74) is -1.55. The van der Waals surface area contributed by atoms with Gasteiger partial charge >= 0.3 is 6.18 Å². The van der Waals surface area contributed by atoms with Crippen LogP contribution in [0.4, 0.5) is 18.9 Å². The second-order valence-corrected chi connectivity index (χ2v) is 6.61. The monoisotopic (exact) mass is 407 g/mol. The number of carbonyl (C=O) groups excluding carboxylic acids is 1. The normalized spacial score (nSPS) is 11.3. The van der Waals surface area contributed by atoms with E-state index < -0.39 is 23.3 Å². The minimum atomic E-state index is -4.73. The van der Waals surface area contributed by atoms with E-state index >= 15 is 0 Å². The van der Waals surface area contributed by atoms with Crippen LogP contribution in [0, 0.1) is 0 Å². The van der Waals surface area contributed by atoms with Gasteiger partial charge in [0.1, 0.15) is 5.75 Å². The molecule has 0 spiro atoms. The largest absolute Gasteiger partial charge is 0.454 e. The van der Waals surface area contributed by atoms with Crippen molar-refractivity contribution in [2.24, 2.45) is 7.05 Å². The van der Waals surface area contributed by atoms with Crippen LogP contribution in [0.15, 0.2) is 59.6 Å². The summed E-state index contributed by atoms with van der Waals surface area (Å²) in [6.07, 6.45) is -1.80. The molecule has 0 radical (unpaired) electrons. The fourth-order valence-corrected chi connectivity index (χ4v) is 3.06. The number of amides is 1. The van der Waals surface area contributed by atoms with E-state index in [4.69, 9.17) is 4.74 Å². The highest BCUT2D eigenvalue weighted by Crippen LogP contribution is 2.36. The first-order chi connectivity index (χ1) is 13.3. The quantitative estimate of drug-likeness (QED) is 0.591. The third kappa shape index (κ3) is 4.30. The summed E-state index contributed by atoms with van der Waals surface area (Å²) in [5.74, 6) is -0.0292. The number of carbonyl (C=O) groups is 1. The maximum Gasteiger partial charge on any atom is 0.435 e. The predicted octanol–water partition coefficient (Wildman–Crippen LogP) is 5.21. The molecule has 1 amide bonds. The number of hydrogen-bond acceptors (Lipinski definition) is 4. The van der Waals surface area contributed by atoms with E-state index in [1.54, 1.807) is 30.3 Å². The Kier molecular flexibility index (Phi) is 5.64. The first kappa shape index (κ1) is 19.8. The van der Waals surface area contributed by atoms with E-state index in [-0.39, 0.29) is 5.69 Å². The molecule has 0 aliphatic rings. The Hall–Kier alpha value is -2.94. The Morgan fingerprint density at radius 2 is 1.75 bits per heavy atom. The van der Waals surface area contributed by atoms with Gasteiger partial charge in [0, 0.05) is 18.1 Å². The van der Waals surface area contributed by atoms with Crippen molar-refractivity contribution in [1.29, 1.82) is 0 Å². The molecule has 1 heterocycles. The summed E-state index contributed by atoms with van der Waals surface area (Å²) >= 11 is 1.49. The molecule has 146 valence electrons. The van der Waals surface area contributed by atoms with Crippen LogP contribution < -0.4 is 10.1 Å². The van der Waals surface area contributed by atoms with Crippen LogP contribution in [0.2, 0.25) is 0 Å². The standard InChI is InChI=1S/C19H16F3N3O2S/c1-25-11-12(17(24-25)19(20,21)22)18(26)23-13-7-3-4-8-14(13)27-15-9-5-6-10-16(15)28-2/h3-11H,1-2H3,(H,23,26). The maximum absolute atomic E-state index is 13.1. The molecule has 3 aromatic rings. The van der Waals surface area contributed by atoms with E-state index in [9.17, 15) is 18.0 Å². The molecule has 2 aromatic carbocycles. The molecule has 0 fully saturated rings. The fraction of sp³-hybridized carbons (Fsp3) is 0.158. The third-order valence-electron chi connectivity index (χ3n) is 3.77. The second kappa shape index (κ2) is 7.97. The van der Waals surface area contributed by atoms with E-state index in [0.29, 0.717) is 11.5 Å². The van der Waals surface area contributed by atoms with Gasteiger partial charge in [0.15, 0.2) is 11.4 Å². The number of ether oxygens (including phenoxy) is 1. The summed E-state index contributed by atoms with van der Waals surface area (Å²) in [6.45, 7) is 0. The minimum absolute atomic E-state index is 0.250. The molecule has 0 saturated heterocycles. The molecule has 9 heteroatoms. The number of alkyl halides is 3. The number of halogens is 3. The van der Waals surface area contributed by atoms with Gasteiger partial charge in [-0.15, -0.1) is 11.8 Å².